The number of aromatic nitrogens is 1. The van der Waals surface area contributed by atoms with Gasteiger partial charge >= 0.3 is 0 Å². The van der Waals surface area contributed by atoms with E-state index in [2.05, 4.69) is 28.9 Å². The maximum atomic E-state index is 12.7. The van der Waals surface area contributed by atoms with E-state index in [1.165, 1.54) is 19.4 Å². The van der Waals surface area contributed by atoms with Gasteiger partial charge in [0.15, 0.2) is 0 Å². The van der Waals surface area contributed by atoms with Gasteiger partial charge in [0.2, 0.25) is 0 Å². The molecule has 2 saturated heterocycles. The first-order chi connectivity index (χ1) is 11.5. The quantitative estimate of drug-likeness (QED) is 0.847. The number of hydrogen-bond donors (Lipinski definition) is 0. The summed E-state index contributed by atoms with van der Waals surface area (Å²) in [7, 11) is 4.28. The highest BCUT2D eigenvalue weighted by atomic mass is 16.2. The van der Waals surface area contributed by atoms with E-state index < -0.39 is 0 Å². The summed E-state index contributed by atoms with van der Waals surface area (Å²) in [4.78, 5) is 23.9. The first-order valence-electron chi connectivity index (χ1n) is 9.12. The van der Waals surface area contributed by atoms with Gasteiger partial charge in [-0.15, -0.1) is 0 Å². The molecule has 5 nitrogen and oxygen atoms in total. The first kappa shape index (κ1) is 17.4. The van der Waals surface area contributed by atoms with Gasteiger partial charge in [-0.3, -0.25) is 14.7 Å². The Balaban J connectivity index is 1.60. The number of carbonyl (C=O) groups excluding carboxylic acids is 1. The van der Waals surface area contributed by atoms with Crippen LogP contribution in [0.4, 0.5) is 0 Å². The molecule has 0 aromatic carbocycles. The van der Waals surface area contributed by atoms with E-state index in [-0.39, 0.29) is 5.91 Å². The molecule has 5 heteroatoms. The Bertz CT molecular complexity index is 561. The van der Waals surface area contributed by atoms with Gasteiger partial charge in [0.05, 0.1) is 5.56 Å². The van der Waals surface area contributed by atoms with E-state index in [0.29, 0.717) is 11.1 Å². The summed E-state index contributed by atoms with van der Waals surface area (Å²) in [6.45, 7) is 7.14. The van der Waals surface area contributed by atoms with Crippen molar-refractivity contribution in [1.29, 1.82) is 0 Å². The molecule has 1 amide bonds. The highest BCUT2D eigenvalue weighted by Crippen LogP contribution is 2.38. The SMILES string of the molecule is Cc1ccc(C(=O)N2CCC3(CCCN3CCN(C)C)CC2)cn1. The van der Waals surface area contributed by atoms with Crippen LogP contribution < -0.4 is 0 Å². The standard InChI is InChI=1S/C19H30N4O/c1-16-5-6-17(15-20-16)18(24)22-11-8-19(9-12-22)7-4-10-23(19)14-13-21(2)3/h5-6,15H,4,7-14H2,1-3H3. The Morgan fingerprint density at radius 2 is 1.96 bits per heavy atom. The maximum Gasteiger partial charge on any atom is 0.255 e. The van der Waals surface area contributed by atoms with Gasteiger partial charge in [0.25, 0.3) is 5.91 Å². The number of pyridine rings is 1. The molecule has 0 radical (unpaired) electrons. The van der Waals surface area contributed by atoms with Crippen LogP contribution in [0.5, 0.6) is 0 Å². The number of rotatable bonds is 4. The number of nitrogens with zero attached hydrogens (tertiary/aromatic N) is 4. The van der Waals surface area contributed by atoms with Crippen LogP contribution in [0.15, 0.2) is 18.3 Å². The van der Waals surface area contributed by atoms with Crippen molar-refractivity contribution in [1.82, 2.24) is 19.7 Å². The predicted octanol–water partition coefficient (Wildman–Crippen LogP) is 2.02. The molecule has 1 spiro atoms. The monoisotopic (exact) mass is 330 g/mol. The molecule has 2 aliphatic heterocycles. The van der Waals surface area contributed by atoms with E-state index in [9.17, 15) is 4.79 Å². The lowest BCUT2D eigenvalue weighted by molar-refractivity contribution is 0.0393. The lowest BCUT2D eigenvalue weighted by Crippen LogP contribution is -2.54. The highest BCUT2D eigenvalue weighted by molar-refractivity contribution is 5.94. The molecule has 24 heavy (non-hydrogen) atoms. The summed E-state index contributed by atoms with van der Waals surface area (Å²) in [5, 5.41) is 0. The van der Waals surface area contributed by atoms with Gasteiger partial charge in [0, 0.05) is 43.6 Å². The number of likely N-dealkylation sites (N-methyl/N-ethyl adjacent to an activating group) is 1. The normalized spacial score (nSPS) is 20.9. The Labute approximate surface area is 145 Å². The third kappa shape index (κ3) is 3.62. The molecule has 0 unspecified atom stereocenters. The summed E-state index contributed by atoms with van der Waals surface area (Å²) in [5.41, 5.74) is 2.00. The van der Waals surface area contributed by atoms with E-state index in [1.54, 1.807) is 6.20 Å². The van der Waals surface area contributed by atoms with Crippen molar-refractivity contribution in [3.63, 3.8) is 0 Å². The average molecular weight is 330 g/mol. The van der Waals surface area contributed by atoms with Crippen molar-refractivity contribution in [3.05, 3.63) is 29.6 Å². The van der Waals surface area contributed by atoms with Crippen molar-refractivity contribution in [2.24, 2.45) is 0 Å². The molecule has 0 saturated carbocycles. The fraction of sp³-hybridized carbons (Fsp3) is 0.684. The van der Waals surface area contributed by atoms with Crippen molar-refractivity contribution >= 4 is 5.91 Å². The third-order valence-corrected chi connectivity index (χ3v) is 5.70. The second kappa shape index (κ2) is 7.19. The average Bonchev–Trinajstić information content (AvgIpc) is 2.96. The molecule has 0 bridgehead atoms. The van der Waals surface area contributed by atoms with Crippen LogP contribution in [0.3, 0.4) is 0 Å². The molecule has 0 N–H and O–H groups in total. The molecule has 132 valence electrons. The van der Waals surface area contributed by atoms with Crippen LogP contribution in [0.2, 0.25) is 0 Å². The summed E-state index contributed by atoms with van der Waals surface area (Å²) < 4.78 is 0. The zero-order valence-corrected chi connectivity index (χ0v) is 15.3. The van der Waals surface area contributed by atoms with Crippen molar-refractivity contribution in [3.8, 4) is 0 Å². The van der Waals surface area contributed by atoms with E-state index in [4.69, 9.17) is 0 Å². The minimum Gasteiger partial charge on any atom is -0.338 e. The molecular formula is C19H30N4O. The zero-order chi connectivity index (χ0) is 17.2. The minimum absolute atomic E-state index is 0.134. The Morgan fingerprint density at radius 1 is 1.21 bits per heavy atom. The number of piperidine rings is 1. The summed E-state index contributed by atoms with van der Waals surface area (Å²) in [5.74, 6) is 0.134. The molecule has 3 rings (SSSR count). The van der Waals surface area contributed by atoms with Gasteiger partial charge < -0.3 is 9.80 Å². The van der Waals surface area contributed by atoms with Crippen LogP contribution >= 0.6 is 0 Å². The molecule has 3 heterocycles. The van der Waals surface area contributed by atoms with E-state index in [1.807, 2.05) is 24.0 Å². The topological polar surface area (TPSA) is 39.7 Å². The summed E-state index contributed by atoms with van der Waals surface area (Å²) >= 11 is 0. The molecule has 1 aromatic rings. The van der Waals surface area contributed by atoms with Crippen LogP contribution in [0.25, 0.3) is 0 Å². The second-order valence-electron chi connectivity index (χ2n) is 7.60. The minimum atomic E-state index is 0.134. The summed E-state index contributed by atoms with van der Waals surface area (Å²) in [6.07, 6.45) is 6.50. The Kier molecular flexibility index (Phi) is 5.21. The smallest absolute Gasteiger partial charge is 0.255 e. The Morgan fingerprint density at radius 3 is 2.58 bits per heavy atom. The van der Waals surface area contributed by atoms with Crippen LogP contribution in [-0.4, -0.2) is 77.9 Å². The number of likely N-dealkylation sites (tertiary alicyclic amines) is 2. The highest BCUT2D eigenvalue weighted by Gasteiger charge is 2.43. The molecule has 0 aliphatic carbocycles. The Hall–Kier alpha value is -1.46. The van der Waals surface area contributed by atoms with Crippen molar-refractivity contribution < 1.29 is 4.79 Å². The molecule has 2 fully saturated rings. The van der Waals surface area contributed by atoms with E-state index in [0.717, 1.165) is 44.7 Å². The predicted molar refractivity (Wildman–Crippen MR) is 96.2 cm³/mol. The van der Waals surface area contributed by atoms with Gasteiger partial charge in [-0.2, -0.15) is 0 Å². The van der Waals surface area contributed by atoms with Gasteiger partial charge in [-0.25, -0.2) is 0 Å². The van der Waals surface area contributed by atoms with Gasteiger partial charge in [-0.1, -0.05) is 0 Å². The number of amides is 1. The summed E-state index contributed by atoms with van der Waals surface area (Å²) in [6, 6.07) is 3.81. The third-order valence-electron chi connectivity index (χ3n) is 5.70. The number of aryl methyl sites for hydroxylation is 1. The zero-order valence-electron chi connectivity index (χ0n) is 15.3. The largest absolute Gasteiger partial charge is 0.338 e. The van der Waals surface area contributed by atoms with Crippen molar-refractivity contribution in [2.45, 2.75) is 38.1 Å². The van der Waals surface area contributed by atoms with Crippen LogP contribution in [0, 0.1) is 6.92 Å². The number of hydrogen-bond acceptors (Lipinski definition) is 4. The lowest BCUT2D eigenvalue weighted by Gasteiger charge is -2.45. The van der Waals surface area contributed by atoms with Crippen molar-refractivity contribution in [2.75, 3.05) is 46.8 Å². The second-order valence-corrected chi connectivity index (χ2v) is 7.60. The molecular weight excluding hydrogens is 300 g/mol. The van der Waals surface area contributed by atoms with E-state index >= 15 is 0 Å². The van der Waals surface area contributed by atoms with Crippen LogP contribution in [-0.2, 0) is 0 Å². The van der Waals surface area contributed by atoms with Gasteiger partial charge in [0.1, 0.15) is 0 Å². The fourth-order valence-corrected chi connectivity index (χ4v) is 4.13. The molecule has 0 atom stereocenters. The first-order valence-corrected chi connectivity index (χ1v) is 9.12. The van der Waals surface area contributed by atoms with Crippen LogP contribution in [0.1, 0.15) is 41.7 Å². The maximum absolute atomic E-state index is 12.7. The number of carbonyl (C=O) groups is 1. The lowest BCUT2D eigenvalue weighted by atomic mass is 9.84. The fourth-order valence-electron chi connectivity index (χ4n) is 4.13. The van der Waals surface area contributed by atoms with Gasteiger partial charge in [-0.05, 0) is 65.4 Å². The molecule has 2 aliphatic rings. The molecule has 1 aromatic heterocycles.